The molecule has 0 fully saturated rings. The van der Waals surface area contributed by atoms with E-state index in [1.165, 1.54) is 0 Å². The van der Waals surface area contributed by atoms with E-state index >= 15 is 0 Å². The van der Waals surface area contributed by atoms with Gasteiger partial charge >= 0.3 is 5.97 Å². The van der Waals surface area contributed by atoms with Crippen LogP contribution in [0.3, 0.4) is 0 Å². The molecular formula is C13H22O2. The molecule has 0 unspecified atom stereocenters. The van der Waals surface area contributed by atoms with Gasteiger partial charge in [0.2, 0.25) is 0 Å². The standard InChI is InChI=1S/C13H22O2/c1-5-7-8-9-10-13(3,4)11-15-12(14)6-2/h5,9-10H,1,6-8,11H2,2-4H3/b10-9+. The smallest absolute Gasteiger partial charge is 0.305 e. The first-order valence-corrected chi connectivity index (χ1v) is 5.46. The minimum absolute atomic E-state index is 0.0774. The van der Waals surface area contributed by atoms with Crippen LogP contribution >= 0.6 is 0 Å². The van der Waals surface area contributed by atoms with E-state index in [2.05, 4.69) is 32.6 Å². The molecule has 0 amide bonds. The van der Waals surface area contributed by atoms with E-state index < -0.39 is 0 Å². The lowest BCUT2D eigenvalue weighted by atomic mass is 9.94. The molecule has 0 aromatic rings. The molecule has 0 bridgehead atoms. The van der Waals surface area contributed by atoms with Crippen molar-refractivity contribution in [2.24, 2.45) is 5.41 Å². The van der Waals surface area contributed by atoms with Gasteiger partial charge in [-0.05, 0) is 12.8 Å². The number of ether oxygens (including phenoxy) is 1. The Labute approximate surface area is 93.0 Å². The maximum absolute atomic E-state index is 11.0. The minimum Gasteiger partial charge on any atom is -0.465 e. The molecule has 0 aromatic carbocycles. The fourth-order valence-electron chi connectivity index (χ4n) is 1.03. The molecule has 0 aromatic heterocycles. The first-order chi connectivity index (χ1) is 7.02. The summed E-state index contributed by atoms with van der Waals surface area (Å²) in [6.45, 7) is 10.0. The molecule has 0 saturated heterocycles. The Morgan fingerprint density at radius 1 is 1.40 bits per heavy atom. The van der Waals surface area contributed by atoms with Gasteiger partial charge in [-0.3, -0.25) is 4.79 Å². The number of allylic oxidation sites excluding steroid dienone is 2. The van der Waals surface area contributed by atoms with E-state index in [0.29, 0.717) is 13.0 Å². The highest BCUT2D eigenvalue weighted by Crippen LogP contribution is 2.18. The van der Waals surface area contributed by atoms with Crippen molar-refractivity contribution in [2.45, 2.75) is 40.0 Å². The average molecular weight is 210 g/mol. The van der Waals surface area contributed by atoms with Crippen molar-refractivity contribution in [1.82, 2.24) is 0 Å². The molecule has 0 aliphatic carbocycles. The summed E-state index contributed by atoms with van der Waals surface area (Å²) in [7, 11) is 0. The fourth-order valence-corrected chi connectivity index (χ4v) is 1.03. The van der Waals surface area contributed by atoms with Crippen LogP contribution in [-0.2, 0) is 9.53 Å². The highest BCUT2D eigenvalue weighted by Gasteiger charge is 2.15. The van der Waals surface area contributed by atoms with E-state index in [4.69, 9.17) is 4.74 Å². The lowest BCUT2D eigenvalue weighted by molar-refractivity contribution is -0.145. The van der Waals surface area contributed by atoms with Crippen LogP contribution in [0.5, 0.6) is 0 Å². The lowest BCUT2D eigenvalue weighted by Crippen LogP contribution is -2.19. The summed E-state index contributed by atoms with van der Waals surface area (Å²) in [6.07, 6.45) is 8.53. The fraction of sp³-hybridized carbons (Fsp3) is 0.615. The Balaban J connectivity index is 3.89. The second kappa shape index (κ2) is 7.27. The molecular weight excluding hydrogens is 188 g/mol. The molecule has 15 heavy (non-hydrogen) atoms. The molecule has 0 radical (unpaired) electrons. The zero-order chi connectivity index (χ0) is 11.7. The van der Waals surface area contributed by atoms with Crippen molar-refractivity contribution in [3.05, 3.63) is 24.8 Å². The van der Waals surface area contributed by atoms with Gasteiger partial charge in [0.15, 0.2) is 0 Å². The van der Waals surface area contributed by atoms with Crippen LogP contribution < -0.4 is 0 Å². The van der Waals surface area contributed by atoms with Crippen molar-refractivity contribution in [3.63, 3.8) is 0 Å². The van der Waals surface area contributed by atoms with Crippen LogP contribution in [0.25, 0.3) is 0 Å². The van der Waals surface area contributed by atoms with Crippen LogP contribution in [0.2, 0.25) is 0 Å². The first kappa shape index (κ1) is 13.9. The maximum atomic E-state index is 11.0. The van der Waals surface area contributed by atoms with Gasteiger partial charge in [-0.25, -0.2) is 0 Å². The zero-order valence-corrected chi connectivity index (χ0v) is 10.1. The van der Waals surface area contributed by atoms with Crippen molar-refractivity contribution in [1.29, 1.82) is 0 Å². The van der Waals surface area contributed by atoms with E-state index in [-0.39, 0.29) is 11.4 Å². The van der Waals surface area contributed by atoms with Gasteiger partial charge < -0.3 is 4.74 Å². The zero-order valence-electron chi connectivity index (χ0n) is 10.1. The number of carbonyl (C=O) groups excluding carboxylic acids is 1. The molecule has 0 aliphatic rings. The molecule has 2 heteroatoms. The van der Waals surface area contributed by atoms with Crippen molar-refractivity contribution in [2.75, 3.05) is 6.61 Å². The molecule has 2 nitrogen and oxygen atoms in total. The molecule has 0 rings (SSSR count). The molecule has 0 aliphatic heterocycles. The molecule has 0 heterocycles. The Bertz CT molecular complexity index is 227. The monoisotopic (exact) mass is 210 g/mol. The Hall–Kier alpha value is -1.05. The summed E-state index contributed by atoms with van der Waals surface area (Å²) in [4.78, 5) is 11.0. The van der Waals surface area contributed by atoms with Gasteiger partial charge in [0.05, 0.1) is 6.61 Å². The van der Waals surface area contributed by atoms with Crippen molar-refractivity contribution < 1.29 is 9.53 Å². The predicted molar refractivity (Wildman–Crippen MR) is 63.6 cm³/mol. The Morgan fingerprint density at radius 2 is 2.07 bits per heavy atom. The normalized spacial score (nSPS) is 11.7. The maximum Gasteiger partial charge on any atom is 0.305 e. The average Bonchev–Trinajstić information content (AvgIpc) is 2.21. The van der Waals surface area contributed by atoms with Crippen LogP contribution in [0.4, 0.5) is 0 Å². The van der Waals surface area contributed by atoms with E-state index in [0.717, 1.165) is 12.8 Å². The highest BCUT2D eigenvalue weighted by atomic mass is 16.5. The van der Waals surface area contributed by atoms with Crippen molar-refractivity contribution in [3.8, 4) is 0 Å². The van der Waals surface area contributed by atoms with Gasteiger partial charge in [-0.2, -0.15) is 0 Å². The second-order valence-corrected chi connectivity index (χ2v) is 4.27. The SMILES string of the molecule is C=CCC/C=C/C(C)(C)COC(=O)CC. The van der Waals surface area contributed by atoms with E-state index in [1.54, 1.807) is 6.92 Å². The van der Waals surface area contributed by atoms with Crippen LogP contribution in [0.15, 0.2) is 24.8 Å². The highest BCUT2D eigenvalue weighted by molar-refractivity contribution is 5.68. The van der Waals surface area contributed by atoms with Crippen LogP contribution in [0, 0.1) is 5.41 Å². The molecule has 0 atom stereocenters. The topological polar surface area (TPSA) is 26.3 Å². The largest absolute Gasteiger partial charge is 0.465 e. The van der Waals surface area contributed by atoms with Gasteiger partial charge in [-0.15, -0.1) is 6.58 Å². The summed E-state index contributed by atoms with van der Waals surface area (Å²) in [6, 6.07) is 0. The molecule has 0 saturated carbocycles. The van der Waals surface area contributed by atoms with Gasteiger partial charge in [0, 0.05) is 11.8 Å². The minimum atomic E-state index is -0.137. The number of hydrogen-bond acceptors (Lipinski definition) is 2. The number of carbonyl (C=O) groups is 1. The first-order valence-electron chi connectivity index (χ1n) is 5.46. The summed E-state index contributed by atoms with van der Waals surface area (Å²) >= 11 is 0. The van der Waals surface area contributed by atoms with Gasteiger partial charge in [0.1, 0.15) is 0 Å². The third-order valence-electron chi connectivity index (χ3n) is 2.00. The van der Waals surface area contributed by atoms with Gasteiger partial charge in [0.25, 0.3) is 0 Å². The number of hydrogen-bond donors (Lipinski definition) is 0. The predicted octanol–water partition coefficient (Wildman–Crippen LogP) is 3.49. The van der Waals surface area contributed by atoms with Crippen LogP contribution in [0.1, 0.15) is 40.0 Å². The summed E-state index contributed by atoms with van der Waals surface area (Å²) in [5.41, 5.74) is -0.0774. The summed E-state index contributed by atoms with van der Waals surface area (Å²) in [5.74, 6) is -0.137. The third kappa shape index (κ3) is 7.98. The van der Waals surface area contributed by atoms with E-state index in [1.807, 2.05) is 6.08 Å². The number of esters is 1. The summed E-state index contributed by atoms with van der Waals surface area (Å²) in [5, 5.41) is 0. The van der Waals surface area contributed by atoms with Gasteiger partial charge in [-0.1, -0.05) is 39.0 Å². The third-order valence-corrected chi connectivity index (χ3v) is 2.00. The lowest BCUT2D eigenvalue weighted by Gasteiger charge is -2.19. The summed E-state index contributed by atoms with van der Waals surface area (Å²) < 4.78 is 5.10. The molecule has 0 spiro atoms. The molecule has 0 N–H and O–H groups in total. The van der Waals surface area contributed by atoms with E-state index in [9.17, 15) is 4.79 Å². The van der Waals surface area contributed by atoms with Crippen molar-refractivity contribution >= 4 is 5.97 Å². The second-order valence-electron chi connectivity index (χ2n) is 4.27. The number of rotatable bonds is 7. The quantitative estimate of drug-likeness (QED) is 0.365. The number of unbranched alkanes of at least 4 members (excludes halogenated alkanes) is 1. The Morgan fingerprint density at radius 3 is 2.60 bits per heavy atom. The molecule has 86 valence electrons. The Kier molecular flexibility index (Phi) is 6.76. The van der Waals surface area contributed by atoms with Crippen LogP contribution in [-0.4, -0.2) is 12.6 Å².